The molecule has 0 aliphatic rings. The number of benzene rings is 1. The minimum Gasteiger partial charge on any atom is -0.465 e. The van der Waals surface area contributed by atoms with E-state index in [1.807, 2.05) is 32.0 Å². The van der Waals surface area contributed by atoms with Gasteiger partial charge in [0.1, 0.15) is 11.5 Å². The average molecular weight is 316 g/mol. The standard InChI is InChI=1S/C14H15Cl2NOS/c1-8-3-6-12(18-8)14(9(2)17)19-13-7-10(15)4-5-11(13)16/h3-7,9,14H,17H2,1-2H3. The van der Waals surface area contributed by atoms with Crippen molar-refractivity contribution in [2.24, 2.45) is 5.73 Å². The van der Waals surface area contributed by atoms with E-state index in [2.05, 4.69) is 0 Å². The molecule has 0 saturated carbocycles. The molecule has 0 aliphatic heterocycles. The molecule has 2 N–H and O–H groups in total. The number of halogens is 2. The van der Waals surface area contributed by atoms with Crippen LogP contribution in [0.4, 0.5) is 0 Å². The summed E-state index contributed by atoms with van der Waals surface area (Å²) in [6.07, 6.45) is 0. The number of nitrogens with two attached hydrogens (primary N) is 1. The van der Waals surface area contributed by atoms with Crippen LogP contribution in [0.2, 0.25) is 10.0 Å². The Balaban J connectivity index is 2.29. The van der Waals surface area contributed by atoms with Gasteiger partial charge in [0, 0.05) is 16.0 Å². The van der Waals surface area contributed by atoms with E-state index >= 15 is 0 Å². The van der Waals surface area contributed by atoms with Crippen LogP contribution in [-0.2, 0) is 0 Å². The minimum atomic E-state index is -0.0643. The van der Waals surface area contributed by atoms with Crippen LogP contribution < -0.4 is 5.73 Å². The Morgan fingerprint density at radius 3 is 2.53 bits per heavy atom. The molecule has 5 heteroatoms. The molecule has 0 saturated heterocycles. The maximum Gasteiger partial charge on any atom is 0.119 e. The minimum absolute atomic E-state index is 0.00432. The van der Waals surface area contributed by atoms with Gasteiger partial charge in [-0.15, -0.1) is 11.8 Å². The van der Waals surface area contributed by atoms with Gasteiger partial charge < -0.3 is 10.2 Å². The largest absolute Gasteiger partial charge is 0.465 e. The summed E-state index contributed by atoms with van der Waals surface area (Å²) in [6, 6.07) is 9.23. The first-order chi connectivity index (χ1) is 8.97. The van der Waals surface area contributed by atoms with Crippen molar-refractivity contribution >= 4 is 35.0 Å². The van der Waals surface area contributed by atoms with E-state index in [0.717, 1.165) is 16.4 Å². The van der Waals surface area contributed by atoms with Gasteiger partial charge in [0.05, 0.1) is 10.3 Å². The highest BCUT2D eigenvalue weighted by Crippen LogP contribution is 2.41. The Morgan fingerprint density at radius 1 is 1.21 bits per heavy atom. The van der Waals surface area contributed by atoms with Crippen molar-refractivity contribution in [3.05, 3.63) is 51.9 Å². The van der Waals surface area contributed by atoms with Crippen molar-refractivity contribution in [3.63, 3.8) is 0 Å². The Hall–Kier alpha value is -0.610. The highest BCUT2D eigenvalue weighted by atomic mass is 35.5. The van der Waals surface area contributed by atoms with E-state index in [4.69, 9.17) is 33.4 Å². The van der Waals surface area contributed by atoms with E-state index in [9.17, 15) is 0 Å². The fourth-order valence-electron chi connectivity index (χ4n) is 1.74. The van der Waals surface area contributed by atoms with Crippen LogP contribution in [0.25, 0.3) is 0 Å². The van der Waals surface area contributed by atoms with Crippen LogP contribution in [0.5, 0.6) is 0 Å². The highest BCUT2D eigenvalue weighted by Gasteiger charge is 2.22. The number of hydrogen-bond acceptors (Lipinski definition) is 3. The van der Waals surface area contributed by atoms with Crippen molar-refractivity contribution in [3.8, 4) is 0 Å². The topological polar surface area (TPSA) is 39.2 Å². The molecule has 19 heavy (non-hydrogen) atoms. The Bertz CT molecular complexity index is 568. The molecular weight excluding hydrogens is 301 g/mol. The molecule has 0 spiro atoms. The predicted octanol–water partition coefficient (Wildman–Crippen LogP) is 5.08. The third kappa shape index (κ3) is 3.69. The van der Waals surface area contributed by atoms with Crippen molar-refractivity contribution in [2.75, 3.05) is 0 Å². The Labute approximate surface area is 127 Å². The molecule has 1 heterocycles. The molecule has 0 radical (unpaired) electrons. The van der Waals surface area contributed by atoms with Gasteiger partial charge in [0.25, 0.3) is 0 Å². The predicted molar refractivity (Wildman–Crippen MR) is 82.2 cm³/mol. The van der Waals surface area contributed by atoms with Crippen molar-refractivity contribution < 1.29 is 4.42 Å². The first-order valence-corrected chi connectivity index (χ1v) is 7.54. The second-order valence-corrected chi connectivity index (χ2v) is 6.45. The lowest BCUT2D eigenvalue weighted by Crippen LogP contribution is -2.22. The average Bonchev–Trinajstić information content (AvgIpc) is 2.76. The third-order valence-corrected chi connectivity index (χ3v) is 4.85. The molecule has 2 nitrogen and oxygen atoms in total. The maximum atomic E-state index is 6.19. The van der Waals surface area contributed by atoms with Crippen LogP contribution in [0.3, 0.4) is 0 Å². The van der Waals surface area contributed by atoms with Gasteiger partial charge in [0.2, 0.25) is 0 Å². The summed E-state index contributed by atoms with van der Waals surface area (Å²) >= 11 is 13.8. The molecule has 2 rings (SSSR count). The zero-order chi connectivity index (χ0) is 14.0. The fourth-order valence-corrected chi connectivity index (χ4v) is 3.33. The molecule has 0 fully saturated rings. The van der Waals surface area contributed by atoms with Gasteiger partial charge in [-0.1, -0.05) is 23.2 Å². The van der Waals surface area contributed by atoms with Crippen LogP contribution in [0.15, 0.2) is 39.6 Å². The lowest BCUT2D eigenvalue weighted by molar-refractivity contribution is 0.465. The molecule has 1 aromatic carbocycles. The summed E-state index contributed by atoms with van der Waals surface area (Å²) in [5, 5.41) is 1.33. The van der Waals surface area contributed by atoms with Crippen LogP contribution >= 0.6 is 35.0 Å². The van der Waals surface area contributed by atoms with Crippen LogP contribution in [0, 0.1) is 6.92 Å². The normalized spacial score (nSPS) is 14.4. The van der Waals surface area contributed by atoms with E-state index < -0.39 is 0 Å². The molecular formula is C14H15Cl2NOS. The second kappa shape index (κ2) is 6.23. The Morgan fingerprint density at radius 2 is 1.95 bits per heavy atom. The number of furan rings is 1. The molecule has 2 atom stereocenters. The van der Waals surface area contributed by atoms with Crippen molar-refractivity contribution in [2.45, 2.75) is 30.0 Å². The van der Waals surface area contributed by atoms with E-state index in [1.54, 1.807) is 23.9 Å². The van der Waals surface area contributed by atoms with Gasteiger partial charge in [0.15, 0.2) is 0 Å². The molecule has 1 aromatic heterocycles. The second-order valence-electron chi connectivity index (χ2n) is 4.42. The van der Waals surface area contributed by atoms with Gasteiger partial charge in [-0.05, 0) is 44.2 Å². The molecule has 0 aliphatic carbocycles. The third-order valence-electron chi connectivity index (χ3n) is 2.67. The molecule has 0 bridgehead atoms. The fraction of sp³-hybridized carbons (Fsp3) is 0.286. The summed E-state index contributed by atoms with van der Waals surface area (Å²) in [6.45, 7) is 3.87. The maximum absolute atomic E-state index is 6.19. The van der Waals surface area contributed by atoms with Crippen molar-refractivity contribution in [1.29, 1.82) is 0 Å². The van der Waals surface area contributed by atoms with Gasteiger partial charge in [-0.3, -0.25) is 0 Å². The summed E-state index contributed by atoms with van der Waals surface area (Å²) < 4.78 is 5.67. The smallest absolute Gasteiger partial charge is 0.119 e. The lowest BCUT2D eigenvalue weighted by Gasteiger charge is -2.19. The number of hydrogen-bond donors (Lipinski definition) is 1. The molecule has 0 amide bonds. The SMILES string of the molecule is Cc1ccc(C(Sc2cc(Cl)ccc2Cl)C(C)N)o1. The van der Waals surface area contributed by atoms with Crippen molar-refractivity contribution in [1.82, 2.24) is 0 Å². The zero-order valence-corrected chi connectivity index (χ0v) is 13.0. The number of aryl methyl sites for hydroxylation is 1. The van der Waals surface area contributed by atoms with E-state index in [1.165, 1.54) is 0 Å². The summed E-state index contributed by atoms with van der Waals surface area (Å²) in [4.78, 5) is 0.908. The quantitative estimate of drug-likeness (QED) is 0.800. The van der Waals surface area contributed by atoms with Gasteiger partial charge >= 0.3 is 0 Å². The molecule has 102 valence electrons. The van der Waals surface area contributed by atoms with Gasteiger partial charge in [-0.2, -0.15) is 0 Å². The summed E-state index contributed by atoms with van der Waals surface area (Å²) in [5.74, 6) is 1.73. The molecule has 2 unspecified atom stereocenters. The lowest BCUT2D eigenvalue weighted by atomic mass is 10.2. The monoisotopic (exact) mass is 315 g/mol. The molecule has 2 aromatic rings. The first kappa shape index (κ1) is 14.8. The Kier molecular flexibility index (Phi) is 4.85. The van der Waals surface area contributed by atoms with Crippen LogP contribution in [-0.4, -0.2) is 6.04 Å². The summed E-state index contributed by atoms with van der Waals surface area (Å²) in [7, 11) is 0. The van der Waals surface area contributed by atoms with Crippen LogP contribution in [0.1, 0.15) is 23.7 Å². The highest BCUT2D eigenvalue weighted by molar-refractivity contribution is 7.99. The number of thioether (sulfide) groups is 1. The first-order valence-electron chi connectivity index (χ1n) is 5.91. The summed E-state index contributed by atoms with van der Waals surface area (Å²) in [5.41, 5.74) is 6.06. The zero-order valence-electron chi connectivity index (χ0n) is 10.7. The van der Waals surface area contributed by atoms with E-state index in [-0.39, 0.29) is 11.3 Å². The number of rotatable bonds is 4. The van der Waals surface area contributed by atoms with Gasteiger partial charge in [-0.25, -0.2) is 0 Å². The van der Waals surface area contributed by atoms with E-state index in [0.29, 0.717) is 10.0 Å².